The molecule has 0 radical (unpaired) electrons. The van der Waals surface area contributed by atoms with Crippen LogP contribution in [0.3, 0.4) is 0 Å². The van der Waals surface area contributed by atoms with Gasteiger partial charge in [-0.05, 0) is 51.0 Å². The molecule has 0 N–H and O–H groups in total. The molecule has 0 aliphatic carbocycles. The Kier molecular flexibility index (Phi) is 9.32. The van der Waals surface area contributed by atoms with E-state index in [1.54, 1.807) is 13.8 Å². The van der Waals surface area contributed by atoms with Crippen LogP contribution in [0.5, 0.6) is 0 Å². The Hall–Kier alpha value is -5.16. The van der Waals surface area contributed by atoms with Crippen molar-refractivity contribution in [3.63, 3.8) is 0 Å². The Morgan fingerprint density at radius 1 is 0.414 bits per heavy atom. The summed E-state index contributed by atoms with van der Waals surface area (Å²) in [5.41, 5.74) is -12.8. The summed E-state index contributed by atoms with van der Waals surface area (Å²) in [7, 11) is 0. The highest BCUT2D eigenvalue weighted by atomic mass is 19.4. The zero-order valence-corrected chi connectivity index (χ0v) is 30.8. The molecule has 58 heavy (non-hydrogen) atoms. The number of rotatable bonds is 8. The minimum atomic E-state index is -5.80. The van der Waals surface area contributed by atoms with Gasteiger partial charge in [-0.1, -0.05) is 39.5 Å². The zero-order chi connectivity index (χ0) is 42.9. The van der Waals surface area contributed by atoms with Crippen molar-refractivity contribution in [1.82, 2.24) is 9.80 Å². The van der Waals surface area contributed by atoms with E-state index in [0.717, 1.165) is 0 Å². The van der Waals surface area contributed by atoms with Gasteiger partial charge in [-0.25, -0.2) is 0 Å². The summed E-state index contributed by atoms with van der Waals surface area (Å²) >= 11 is 0. The molecule has 5 aromatic rings. The number of halogens is 12. The Balaban J connectivity index is 1.84. The zero-order valence-electron chi connectivity index (χ0n) is 30.8. The Bertz CT molecular complexity index is 2290. The third-order valence-corrected chi connectivity index (χ3v) is 11.2. The number of fused-ring (bicyclic) bond motifs is 2. The molecule has 0 spiro atoms. The molecule has 5 aromatic carbocycles. The lowest BCUT2D eigenvalue weighted by Crippen LogP contribution is -2.46. The van der Waals surface area contributed by atoms with Crippen LogP contribution < -0.4 is 0 Å². The van der Waals surface area contributed by atoms with Crippen molar-refractivity contribution in [1.29, 1.82) is 0 Å². The number of carbonyl (C=O) groups is 4. The fourth-order valence-corrected chi connectivity index (χ4v) is 8.64. The average molecular weight is 831 g/mol. The van der Waals surface area contributed by atoms with Gasteiger partial charge in [0.2, 0.25) is 0 Å². The van der Waals surface area contributed by atoms with Gasteiger partial charge in [0.1, 0.15) is 0 Å². The highest BCUT2D eigenvalue weighted by molar-refractivity contribution is 6.43. The summed E-state index contributed by atoms with van der Waals surface area (Å²) in [6.45, 7) is 6.07. The number of benzene rings is 5. The summed E-state index contributed by atoms with van der Waals surface area (Å²) in [5.74, 6) is -5.83. The van der Waals surface area contributed by atoms with E-state index in [-0.39, 0.29) is 37.1 Å². The van der Waals surface area contributed by atoms with E-state index in [1.165, 1.54) is 13.8 Å². The van der Waals surface area contributed by atoms with Crippen LogP contribution >= 0.6 is 0 Å². The molecule has 7 rings (SSSR count). The standard InChI is InChI=1S/C40H30F12N2O4/c1-5-7-9-15(3)53-33(55)17-11-21(37(41,42)43)27-29-23(39(47,48)49)13-19-26-20(36(58)54(35(19)57)16(4)10-8-6-2)14-24(40(50,51)52)30(32(26)29)28-22(38(44,45)46)12-18(34(53)56)25(17)31(27)28/h11-16H,5-10H2,1-4H3. The molecule has 2 aliphatic rings. The third-order valence-electron chi connectivity index (χ3n) is 11.2. The quantitative estimate of drug-likeness (QED) is 0.0676. The number of imide groups is 2. The molecular weight excluding hydrogens is 800 g/mol. The van der Waals surface area contributed by atoms with E-state index in [0.29, 0.717) is 35.5 Å². The first-order chi connectivity index (χ1) is 26.8. The second kappa shape index (κ2) is 13.2. The molecule has 18 heteroatoms. The van der Waals surface area contributed by atoms with Gasteiger partial charge in [-0.3, -0.25) is 29.0 Å². The first-order valence-electron chi connectivity index (χ1n) is 18.2. The summed E-state index contributed by atoms with van der Waals surface area (Å²) in [6.07, 6.45) is -21.4. The van der Waals surface area contributed by atoms with Crippen LogP contribution in [0.2, 0.25) is 0 Å². The predicted octanol–water partition coefficient (Wildman–Crippen LogP) is 12.2. The summed E-state index contributed by atoms with van der Waals surface area (Å²) < 4.78 is 185. The van der Waals surface area contributed by atoms with Crippen molar-refractivity contribution in [2.75, 3.05) is 0 Å². The molecule has 2 unspecified atom stereocenters. The summed E-state index contributed by atoms with van der Waals surface area (Å²) in [6, 6.07) is -1.86. The minimum Gasteiger partial charge on any atom is -0.272 e. The van der Waals surface area contributed by atoms with Crippen LogP contribution in [0.15, 0.2) is 24.3 Å². The normalized spacial score (nSPS) is 16.6. The maximum Gasteiger partial charge on any atom is 0.417 e. The van der Waals surface area contributed by atoms with Crippen LogP contribution in [0, 0.1) is 0 Å². The van der Waals surface area contributed by atoms with Gasteiger partial charge in [-0.15, -0.1) is 0 Å². The number of unbranched alkanes of at least 4 members (excludes halogenated alkanes) is 2. The topological polar surface area (TPSA) is 74.8 Å². The van der Waals surface area contributed by atoms with Gasteiger partial charge in [0.15, 0.2) is 0 Å². The van der Waals surface area contributed by atoms with E-state index >= 15 is 52.7 Å². The van der Waals surface area contributed by atoms with Crippen molar-refractivity contribution in [2.45, 2.75) is 103 Å². The molecule has 4 amide bonds. The Labute approximate surface area is 320 Å². The van der Waals surface area contributed by atoms with Crippen LogP contribution in [0.4, 0.5) is 52.7 Å². The molecule has 0 aromatic heterocycles. The number of carbonyl (C=O) groups excluding carboxylic acids is 4. The second-order valence-corrected chi connectivity index (χ2v) is 14.8. The van der Waals surface area contributed by atoms with E-state index in [4.69, 9.17) is 0 Å². The van der Waals surface area contributed by atoms with E-state index in [2.05, 4.69) is 0 Å². The molecular formula is C40H30F12N2O4. The monoisotopic (exact) mass is 830 g/mol. The first-order valence-corrected chi connectivity index (χ1v) is 18.2. The van der Waals surface area contributed by atoms with Gasteiger partial charge >= 0.3 is 24.7 Å². The van der Waals surface area contributed by atoms with Crippen molar-refractivity contribution in [3.8, 4) is 0 Å². The average Bonchev–Trinajstić information content (AvgIpc) is 3.11. The van der Waals surface area contributed by atoms with Crippen LogP contribution in [-0.2, 0) is 24.7 Å². The molecule has 0 saturated heterocycles. The van der Waals surface area contributed by atoms with Crippen LogP contribution in [0.25, 0.3) is 43.1 Å². The van der Waals surface area contributed by atoms with Gasteiger partial charge in [-0.2, -0.15) is 52.7 Å². The number of hydrogen-bond donors (Lipinski definition) is 0. The maximum atomic E-state index is 15.4. The molecule has 6 nitrogen and oxygen atoms in total. The van der Waals surface area contributed by atoms with Gasteiger partial charge in [0.05, 0.1) is 22.3 Å². The van der Waals surface area contributed by atoms with Crippen molar-refractivity contribution >= 4 is 66.7 Å². The SMILES string of the molecule is CCCCC(C)N1C(=O)c2cc(C(F)(F)F)c3c4c(C(F)(F)F)cc5c6c(cc(C(F)(F)F)c(c7c(C(F)(F)F)cc(c2c37)C1=O)c64)C(=O)N(C(C)CCCC)C5=O. The number of amides is 4. The molecule has 2 aliphatic heterocycles. The van der Waals surface area contributed by atoms with Crippen LogP contribution in [0.1, 0.15) is 130 Å². The number of hydrogen-bond acceptors (Lipinski definition) is 4. The summed E-state index contributed by atoms with van der Waals surface area (Å²) in [4.78, 5) is 57.0. The highest BCUT2D eigenvalue weighted by Gasteiger charge is 2.50. The minimum absolute atomic E-state index is 0.0526. The van der Waals surface area contributed by atoms with Crippen molar-refractivity contribution < 1.29 is 71.9 Å². The van der Waals surface area contributed by atoms with Crippen molar-refractivity contribution in [2.24, 2.45) is 0 Å². The highest BCUT2D eigenvalue weighted by Crippen LogP contribution is 2.57. The second-order valence-electron chi connectivity index (χ2n) is 14.8. The summed E-state index contributed by atoms with van der Waals surface area (Å²) in [5, 5.41) is -11.8. The molecule has 0 bridgehead atoms. The Morgan fingerprint density at radius 3 is 0.828 bits per heavy atom. The first kappa shape index (κ1) is 41.0. The lowest BCUT2D eigenvalue weighted by molar-refractivity contribution is -0.138. The van der Waals surface area contributed by atoms with Crippen LogP contribution in [-0.4, -0.2) is 45.5 Å². The van der Waals surface area contributed by atoms with Gasteiger partial charge in [0.25, 0.3) is 23.6 Å². The maximum absolute atomic E-state index is 15.4. The molecule has 0 saturated carbocycles. The molecule has 0 fully saturated rings. The lowest BCUT2D eigenvalue weighted by atomic mass is 9.76. The number of nitrogens with zero attached hydrogens (tertiary/aromatic N) is 2. The molecule has 308 valence electrons. The van der Waals surface area contributed by atoms with Gasteiger partial charge < -0.3 is 0 Å². The molecule has 2 atom stereocenters. The van der Waals surface area contributed by atoms with Gasteiger partial charge in [0, 0.05) is 77.4 Å². The van der Waals surface area contributed by atoms with E-state index in [9.17, 15) is 19.2 Å². The smallest absolute Gasteiger partial charge is 0.272 e. The Morgan fingerprint density at radius 2 is 0.638 bits per heavy atom. The van der Waals surface area contributed by atoms with E-state index < -0.39 is 148 Å². The van der Waals surface area contributed by atoms with E-state index in [1.807, 2.05) is 0 Å². The third kappa shape index (κ3) is 5.86. The number of alkyl halides is 12. The fourth-order valence-electron chi connectivity index (χ4n) is 8.64. The molecule has 2 heterocycles. The predicted molar refractivity (Wildman–Crippen MR) is 187 cm³/mol. The fraction of sp³-hybridized carbons (Fsp3) is 0.400. The largest absolute Gasteiger partial charge is 0.417 e. The van der Waals surface area contributed by atoms with Crippen molar-refractivity contribution in [3.05, 3.63) is 68.8 Å². The lowest BCUT2D eigenvalue weighted by Gasteiger charge is -2.36.